The molecule has 1 fully saturated rings. The molecule has 2 aromatic rings. The molecule has 0 aromatic carbocycles. The zero-order valence-corrected chi connectivity index (χ0v) is 13.5. The van der Waals surface area contributed by atoms with Gasteiger partial charge in [0.25, 0.3) is 0 Å². The molecule has 3 rings (SSSR count). The average molecular weight is 306 g/mol. The maximum Gasteiger partial charge on any atom is 0.191 e. The Hall–Kier alpha value is -1.27. The summed E-state index contributed by atoms with van der Waals surface area (Å²) in [5.41, 5.74) is 1.02. The standard InChI is InChI=1S/C15H22N4OS/c1-12-13(6-10-20-12)14-16-17-15(18(14)2)21-11-9-19-7-4-3-5-8-19/h6,10H,3-5,7-9,11H2,1-2H3. The van der Waals surface area contributed by atoms with E-state index >= 15 is 0 Å². The maximum atomic E-state index is 5.35. The highest BCUT2D eigenvalue weighted by molar-refractivity contribution is 7.99. The first kappa shape index (κ1) is 14.7. The van der Waals surface area contributed by atoms with Gasteiger partial charge >= 0.3 is 0 Å². The number of hydrogen-bond donors (Lipinski definition) is 0. The van der Waals surface area contributed by atoms with Crippen LogP contribution in [0.3, 0.4) is 0 Å². The lowest BCUT2D eigenvalue weighted by Crippen LogP contribution is -2.31. The molecule has 0 spiro atoms. The van der Waals surface area contributed by atoms with Gasteiger partial charge in [-0.25, -0.2) is 0 Å². The number of piperidine rings is 1. The molecular weight excluding hydrogens is 284 g/mol. The van der Waals surface area contributed by atoms with Crippen LogP contribution in [0.25, 0.3) is 11.4 Å². The minimum Gasteiger partial charge on any atom is -0.469 e. The van der Waals surface area contributed by atoms with E-state index in [-0.39, 0.29) is 0 Å². The molecule has 0 amide bonds. The van der Waals surface area contributed by atoms with Crippen LogP contribution >= 0.6 is 11.8 Å². The van der Waals surface area contributed by atoms with Gasteiger partial charge in [-0.2, -0.15) is 0 Å². The molecule has 5 nitrogen and oxygen atoms in total. The Morgan fingerprint density at radius 1 is 1.24 bits per heavy atom. The van der Waals surface area contributed by atoms with Gasteiger partial charge in [0.05, 0.1) is 11.8 Å². The molecule has 0 N–H and O–H groups in total. The van der Waals surface area contributed by atoms with E-state index in [0.717, 1.165) is 34.6 Å². The third-order valence-corrected chi connectivity index (χ3v) is 5.02. The van der Waals surface area contributed by atoms with Gasteiger partial charge in [0.2, 0.25) is 0 Å². The highest BCUT2D eigenvalue weighted by atomic mass is 32.2. The molecule has 114 valence electrons. The zero-order chi connectivity index (χ0) is 14.7. The van der Waals surface area contributed by atoms with E-state index in [4.69, 9.17) is 4.42 Å². The number of aromatic nitrogens is 3. The van der Waals surface area contributed by atoms with Crippen molar-refractivity contribution in [1.29, 1.82) is 0 Å². The summed E-state index contributed by atoms with van der Waals surface area (Å²) in [4.78, 5) is 2.55. The van der Waals surface area contributed by atoms with E-state index in [9.17, 15) is 0 Å². The maximum absolute atomic E-state index is 5.35. The second kappa shape index (κ2) is 6.66. The van der Waals surface area contributed by atoms with Crippen molar-refractivity contribution in [2.24, 2.45) is 7.05 Å². The van der Waals surface area contributed by atoms with E-state index in [1.54, 1.807) is 18.0 Å². The molecular formula is C15H22N4OS. The minimum absolute atomic E-state index is 0.877. The van der Waals surface area contributed by atoms with Crippen LogP contribution in [0.1, 0.15) is 25.0 Å². The summed E-state index contributed by atoms with van der Waals surface area (Å²) in [6.45, 7) is 5.59. The molecule has 0 saturated carbocycles. The average Bonchev–Trinajstić information content (AvgIpc) is 3.07. The number of likely N-dealkylation sites (tertiary alicyclic amines) is 1. The largest absolute Gasteiger partial charge is 0.469 e. The number of furan rings is 1. The highest BCUT2D eigenvalue weighted by Crippen LogP contribution is 2.25. The Morgan fingerprint density at radius 3 is 2.76 bits per heavy atom. The Kier molecular flexibility index (Phi) is 4.65. The summed E-state index contributed by atoms with van der Waals surface area (Å²) in [7, 11) is 2.02. The van der Waals surface area contributed by atoms with Crippen LogP contribution in [-0.2, 0) is 7.05 Å². The molecule has 1 aliphatic heterocycles. The van der Waals surface area contributed by atoms with Crippen molar-refractivity contribution in [3.05, 3.63) is 18.1 Å². The van der Waals surface area contributed by atoms with Crippen LogP contribution in [-0.4, -0.2) is 45.1 Å². The number of hydrogen-bond acceptors (Lipinski definition) is 5. The number of thioether (sulfide) groups is 1. The predicted molar refractivity (Wildman–Crippen MR) is 84.5 cm³/mol. The van der Waals surface area contributed by atoms with Crippen LogP contribution < -0.4 is 0 Å². The van der Waals surface area contributed by atoms with Crippen molar-refractivity contribution in [3.63, 3.8) is 0 Å². The van der Waals surface area contributed by atoms with Crippen LogP contribution in [0.4, 0.5) is 0 Å². The second-order valence-electron chi connectivity index (χ2n) is 5.51. The minimum atomic E-state index is 0.877. The first-order valence-electron chi connectivity index (χ1n) is 7.54. The SMILES string of the molecule is Cc1occc1-c1nnc(SCCN2CCCCC2)n1C. The van der Waals surface area contributed by atoms with Crippen molar-refractivity contribution in [2.45, 2.75) is 31.3 Å². The fourth-order valence-corrected chi connectivity index (χ4v) is 3.65. The zero-order valence-electron chi connectivity index (χ0n) is 12.7. The normalized spacial score (nSPS) is 16.5. The van der Waals surface area contributed by atoms with Gasteiger partial charge in [0.15, 0.2) is 11.0 Å². The second-order valence-corrected chi connectivity index (χ2v) is 6.57. The molecule has 1 saturated heterocycles. The lowest BCUT2D eigenvalue weighted by Gasteiger charge is -2.25. The van der Waals surface area contributed by atoms with Gasteiger partial charge in [-0.3, -0.25) is 0 Å². The van der Waals surface area contributed by atoms with Gasteiger partial charge in [0.1, 0.15) is 5.76 Å². The summed E-state index contributed by atoms with van der Waals surface area (Å²) >= 11 is 1.78. The lowest BCUT2D eigenvalue weighted by molar-refractivity contribution is 0.242. The predicted octanol–water partition coefficient (Wildman–Crippen LogP) is 2.96. The van der Waals surface area contributed by atoms with Crippen molar-refractivity contribution in [2.75, 3.05) is 25.4 Å². The molecule has 1 aliphatic rings. The summed E-state index contributed by atoms with van der Waals surface area (Å²) in [6, 6.07) is 1.95. The summed E-state index contributed by atoms with van der Waals surface area (Å²) < 4.78 is 7.40. The monoisotopic (exact) mass is 306 g/mol. The van der Waals surface area contributed by atoms with Gasteiger partial charge in [-0.1, -0.05) is 18.2 Å². The molecule has 0 unspecified atom stereocenters. The van der Waals surface area contributed by atoms with E-state index in [1.807, 2.05) is 20.0 Å². The first-order valence-corrected chi connectivity index (χ1v) is 8.53. The van der Waals surface area contributed by atoms with Crippen LogP contribution in [0, 0.1) is 6.92 Å². The van der Waals surface area contributed by atoms with E-state index in [1.165, 1.54) is 32.4 Å². The van der Waals surface area contributed by atoms with E-state index < -0.39 is 0 Å². The fourth-order valence-electron chi connectivity index (χ4n) is 2.74. The van der Waals surface area contributed by atoms with E-state index in [0.29, 0.717) is 0 Å². The van der Waals surface area contributed by atoms with Gasteiger partial charge in [-0.05, 0) is 38.9 Å². The summed E-state index contributed by atoms with van der Waals surface area (Å²) in [5.74, 6) is 2.83. The molecule has 0 radical (unpaired) electrons. The smallest absolute Gasteiger partial charge is 0.191 e. The Morgan fingerprint density at radius 2 is 2.05 bits per heavy atom. The van der Waals surface area contributed by atoms with Crippen LogP contribution in [0.5, 0.6) is 0 Å². The Bertz CT molecular complexity index is 586. The van der Waals surface area contributed by atoms with Crippen molar-refractivity contribution in [3.8, 4) is 11.4 Å². The number of aryl methyl sites for hydroxylation is 1. The first-order chi connectivity index (χ1) is 10.3. The third kappa shape index (κ3) is 3.32. The molecule has 6 heteroatoms. The number of nitrogens with zero attached hydrogens (tertiary/aromatic N) is 4. The van der Waals surface area contributed by atoms with E-state index in [2.05, 4.69) is 19.7 Å². The Balaban J connectivity index is 1.59. The molecule has 2 aromatic heterocycles. The third-order valence-electron chi connectivity index (χ3n) is 4.02. The lowest BCUT2D eigenvalue weighted by atomic mass is 10.1. The van der Waals surface area contributed by atoms with Crippen molar-refractivity contribution >= 4 is 11.8 Å². The molecule has 3 heterocycles. The van der Waals surface area contributed by atoms with Gasteiger partial charge < -0.3 is 13.9 Å². The van der Waals surface area contributed by atoms with Crippen LogP contribution in [0.2, 0.25) is 0 Å². The molecule has 21 heavy (non-hydrogen) atoms. The summed E-state index contributed by atoms with van der Waals surface area (Å²) in [6.07, 6.45) is 5.78. The van der Waals surface area contributed by atoms with Crippen LogP contribution in [0.15, 0.2) is 21.9 Å². The van der Waals surface area contributed by atoms with Gasteiger partial charge in [-0.15, -0.1) is 10.2 Å². The van der Waals surface area contributed by atoms with Crippen molar-refractivity contribution < 1.29 is 4.42 Å². The van der Waals surface area contributed by atoms with Gasteiger partial charge in [0, 0.05) is 19.3 Å². The highest BCUT2D eigenvalue weighted by Gasteiger charge is 2.15. The molecule has 0 atom stereocenters. The molecule has 0 bridgehead atoms. The van der Waals surface area contributed by atoms with Crippen molar-refractivity contribution in [1.82, 2.24) is 19.7 Å². The Labute approximate surface area is 129 Å². The quantitative estimate of drug-likeness (QED) is 0.795. The summed E-state index contributed by atoms with van der Waals surface area (Å²) in [5, 5.41) is 9.59. The number of rotatable bonds is 5. The molecule has 0 aliphatic carbocycles. The fraction of sp³-hybridized carbons (Fsp3) is 0.600. The topological polar surface area (TPSA) is 47.1 Å².